The maximum Gasteiger partial charge on any atom is 0.323 e. The topological polar surface area (TPSA) is 62.0 Å². The van der Waals surface area contributed by atoms with Gasteiger partial charge in [0.25, 0.3) is 0 Å². The molecule has 0 aromatic heterocycles. The van der Waals surface area contributed by atoms with Gasteiger partial charge in [-0.05, 0) is 39.3 Å². The summed E-state index contributed by atoms with van der Waals surface area (Å²) in [5.74, 6) is 0. The number of hydrogen-bond acceptors (Lipinski definition) is 6. The monoisotopic (exact) mass is 352 g/mol. The molecule has 0 bridgehead atoms. The predicted octanol–water partition coefficient (Wildman–Crippen LogP) is 1.96. The molecule has 0 aliphatic carbocycles. The van der Waals surface area contributed by atoms with E-state index in [-0.39, 0.29) is 12.2 Å². The molecule has 2 aliphatic heterocycles. The third kappa shape index (κ3) is 7.48. The second-order valence-electron chi connectivity index (χ2n) is 6.94. The Morgan fingerprint density at radius 2 is 1.05 bits per heavy atom. The lowest BCUT2D eigenvalue weighted by Crippen LogP contribution is -2.54. The predicted molar refractivity (Wildman–Crippen MR) is 86.0 cm³/mol. The summed E-state index contributed by atoms with van der Waals surface area (Å²) < 4.78 is 34.7. The van der Waals surface area contributed by atoms with Gasteiger partial charge in [0.1, 0.15) is 12.2 Å². The molecule has 2 rings (SSSR count). The molecule has 0 amide bonds. The molecule has 2 saturated heterocycles. The zero-order valence-electron chi connectivity index (χ0n) is 13.9. The molecule has 0 spiro atoms. The van der Waals surface area contributed by atoms with E-state index in [1.165, 1.54) is 0 Å². The van der Waals surface area contributed by atoms with Crippen LogP contribution in [0.25, 0.3) is 0 Å². The van der Waals surface area contributed by atoms with Gasteiger partial charge in [-0.25, -0.2) is 0 Å². The molecule has 2 atom stereocenters. The van der Waals surface area contributed by atoms with E-state index in [2.05, 4.69) is 39.3 Å². The van der Waals surface area contributed by atoms with E-state index < -0.39 is 25.7 Å². The minimum absolute atomic E-state index is 0.263. The minimum atomic E-state index is -2.29. The number of rotatable bonds is 10. The highest BCUT2D eigenvalue weighted by atomic mass is 28.5. The van der Waals surface area contributed by atoms with E-state index in [0.29, 0.717) is 13.2 Å². The van der Waals surface area contributed by atoms with E-state index in [4.69, 9.17) is 26.6 Å². The lowest BCUT2D eigenvalue weighted by Gasteiger charge is -2.37. The summed E-state index contributed by atoms with van der Waals surface area (Å²) in [6.45, 7) is 15.2. The van der Waals surface area contributed by atoms with E-state index >= 15 is 0 Å². The van der Waals surface area contributed by atoms with E-state index in [9.17, 15) is 0 Å². The van der Waals surface area contributed by atoms with Crippen LogP contribution in [0.3, 0.4) is 0 Å². The van der Waals surface area contributed by atoms with Gasteiger partial charge in [-0.2, -0.15) is 0 Å². The van der Waals surface area contributed by atoms with Gasteiger partial charge in [0.15, 0.2) is 0 Å². The average molecular weight is 353 g/mol. The summed E-state index contributed by atoms with van der Waals surface area (Å²) in [4.78, 5) is 0. The van der Waals surface area contributed by atoms with Crippen molar-refractivity contribution in [3.8, 4) is 0 Å². The average Bonchev–Trinajstić information content (AvgIpc) is 3.15. The van der Waals surface area contributed by atoms with Crippen LogP contribution in [0.2, 0.25) is 39.3 Å². The Morgan fingerprint density at radius 1 is 0.714 bits per heavy atom. The van der Waals surface area contributed by atoms with Crippen molar-refractivity contribution in [2.45, 2.75) is 51.5 Å². The highest BCUT2D eigenvalue weighted by Crippen LogP contribution is 2.23. The maximum absolute atomic E-state index is 6.26. The summed E-state index contributed by atoms with van der Waals surface area (Å²) in [5, 5.41) is 0. The first-order valence-corrected chi connectivity index (χ1v) is 15.9. The molecule has 124 valence electrons. The molecule has 0 radical (unpaired) electrons. The largest absolute Gasteiger partial charge is 0.415 e. The molecule has 6 nitrogen and oxygen atoms in total. The van der Waals surface area contributed by atoms with Crippen LogP contribution in [0, 0.1) is 0 Å². The van der Waals surface area contributed by atoms with Crippen LogP contribution in [0.5, 0.6) is 0 Å². The smallest absolute Gasteiger partial charge is 0.323 e. The lowest BCUT2D eigenvalue weighted by molar-refractivity contribution is 0.184. The Morgan fingerprint density at radius 3 is 1.33 bits per heavy atom. The molecular weight excluding hydrogens is 324 g/mol. The summed E-state index contributed by atoms with van der Waals surface area (Å²) >= 11 is 0. The van der Waals surface area contributed by atoms with Crippen LogP contribution in [0.1, 0.15) is 0 Å². The quantitative estimate of drug-likeness (QED) is 0.442. The Bertz CT molecular complexity index is 323. The third-order valence-electron chi connectivity index (χ3n) is 3.02. The Balaban J connectivity index is 1.77. The van der Waals surface area contributed by atoms with Gasteiger partial charge < -0.3 is 26.6 Å². The molecule has 2 heterocycles. The van der Waals surface area contributed by atoms with Crippen molar-refractivity contribution in [3.63, 3.8) is 0 Å². The molecule has 0 N–H and O–H groups in total. The molecule has 2 fully saturated rings. The second kappa shape index (κ2) is 6.49. The zero-order chi connectivity index (χ0) is 15.7. The van der Waals surface area contributed by atoms with Gasteiger partial charge >= 0.3 is 25.7 Å². The minimum Gasteiger partial charge on any atom is -0.415 e. The standard InChI is InChI=1S/C12H28O6Si3/c1-19(2,15-9-11-7-13-11)17-21(5,6)18-20(3,4)16-10-12-8-14-12/h11-12H,7-10H2,1-6H3. The number of ether oxygens (including phenoxy) is 2. The SMILES string of the molecule is C[Si](C)(OCC1CO1)O[Si](C)(C)O[Si](C)(C)OCC1CO1. The normalized spacial score (nSPS) is 26.0. The first kappa shape index (κ1) is 17.8. The van der Waals surface area contributed by atoms with Crippen molar-refractivity contribution in [2.24, 2.45) is 0 Å². The number of epoxide rings is 2. The van der Waals surface area contributed by atoms with Crippen LogP contribution in [-0.2, 0) is 26.6 Å². The molecule has 2 aliphatic rings. The molecular formula is C12H28O6Si3. The van der Waals surface area contributed by atoms with Gasteiger partial charge in [0.05, 0.1) is 26.4 Å². The van der Waals surface area contributed by atoms with Crippen LogP contribution < -0.4 is 0 Å². The number of hydrogen-bond donors (Lipinski definition) is 0. The maximum atomic E-state index is 6.26. The third-order valence-corrected chi connectivity index (χ3v) is 12.6. The highest BCUT2D eigenvalue weighted by Gasteiger charge is 2.43. The zero-order valence-corrected chi connectivity index (χ0v) is 16.9. The van der Waals surface area contributed by atoms with Crippen molar-refractivity contribution in [1.29, 1.82) is 0 Å². The van der Waals surface area contributed by atoms with Crippen molar-refractivity contribution in [1.82, 2.24) is 0 Å². The Kier molecular flexibility index (Phi) is 5.49. The van der Waals surface area contributed by atoms with Gasteiger partial charge in [-0.15, -0.1) is 0 Å². The van der Waals surface area contributed by atoms with Gasteiger partial charge in [-0.3, -0.25) is 0 Å². The van der Waals surface area contributed by atoms with E-state index in [1.807, 2.05) is 0 Å². The molecule has 0 aromatic rings. The first-order chi connectivity index (χ1) is 9.57. The van der Waals surface area contributed by atoms with Crippen LogP contribution in [0.4, 0.5) is 0 Å². The van der Waals surface area contributed by atoms with Crippen molar-refractivity contribution in [3.05, 3.63) is 0 Å². The Labute approximate surface area is 130 Å². The summed E-state index contributed by atoms with van der Waals surface area (Å²) in [7, 11) is -6.68. The summed E-state index contributed by atoms with van der Waals surface area (Å²) in [6.07, 6.45) is 0.525. The van der Waals surface area contributed by atoms with E-state index in [1.54, 1.807) is 0 Å². The molecule has 9 heteroatoms. The first-order valence-electron chi connectivity index (χ1n) is 7.48. The van der Waals surface area contributed by atoms with E-state index in [0.717, 1.165) is 13.2 Å². The van der Waals surface area contributed by atoms with Crippen LogP contribution in [0.15, 0.2) is 0 Å². The second-order valence-corrected chi connectivity index (χ2v) is 17.5. The fourth-order valence-electron chi connectivity index (χ4n) is 2.18. The van der Waals surface area contributed by atoms with Gasteiger partial charge in [-0.1, -0.05) is 0 Å². The molecule has 21 heavy (non-hydrogen) atoms. The molecule has 0 aromatic carbocycles. The highest BCUT2D eigenvalue weighted by molar-refractivity contribution is 6.84. The summed E-state index contributed by atoms with van der Waals surface area (Å²) in [5.41, 5.74) is 0. The fourth-order valence-corrected chi connectivity index (χ4v) is 13.8. The molecule has 2 unspecified atom stereocenters. The van der Waals surface area contributed by atoms with Crippen molar-refractivity contribution in [2.75, 3.05) is 26.4 Å². The molecule has 0 saturated carbocycles. The summed E-state index contributed by atoms with van der Waals surface area (Å²) in [6, 6.07) is 0. The fraction of sp³-hybridized carbons (Fsp3) is 1.00. The van der Waals surface area contributed by atoms with Crippen LogP contribution in [-0.4, -0.2) is 64.3 Å². The van der Waals surface area contributed by atoms with Gasteiger partial charge in [0, 0.05) is 0 Å². The van der Waals surface area contributed by atoms with Crippen molar-refractivity contribution < 1.29 is 26.6 Å². The Hall–Kier alpha value is 0.411. The van der Waals surface area contributed by atoms with Gasteiger partial charge in [0.2, 0.25) is 0 Å². The van der Waals surface area contributed by atoms with Crippen LogP contribution >= 0.6 is 0 Å². The van der Waals surface area contributed by atoms with Crippen molar-refractivity contribution >= 4 is 25.7 Å². The lowest BCUT2D eigenvalue weighted by atomic mass is 10.5.